The fourth-order valence-electron chi connectivity index (χ4n) is 1.51. The van der Waals surface area contributed by atoms with Crippen molar-refractivity contribution in [2.24, 2.45) is 0 Å². The van der Waals surface area contributed by atoms with E-state index in [0.29, 0.717) is 5.02 Å². The Balaban J connectivity index is 2.64. The quantitative estimate of drug-likeness (QED) is 0.868. The van der Waals surface area contributed by atoms with Crippen LogP contribution in [0.1, 0.15) is 18.4 Å². The molecule has 1 aromatic heterocycles. The molecular weight excluding hydrogens is 232 g/mol. The number of thiophene rings is 1. The molecule has 78 valence electrons. The van der Waals surface area contributed by atoms with Crippen molar-refractivity contribution in [3.05, 3.63) is 34.2 Å². The van der Waals surface area contributed by atoms with Crippen LogP contribution in [-0.4, -0.2) is 11.1 Å². The van der Waals surface area contributed by atoms with Crippen LogP contribution in [0.2, 0.25) is 5.02 Å². The van der Waals surface area contributed by atoms with Crippen LogP contribution in [0.3, 0.4) is 0 Å². The molecule has 0 fully saturated rings. The lowest BCUT2D eigenvalue weighted by Gasteiger charge is -2.04. The van der Waals surface area contributed by atoms with Crippen LogP contribution < -0.4 is 0 Å². The number of hydrogen-bond donors (Lipinski definition) is 1. The largest absolute Gasteiger partial charge is 0.481 e. The van der Waals surface area contributed by atoms with Crippen molar-refractivity contribution in [2.45, 2.75) is 12.8 Å². The van der Waals surface area contributed by atoms with Gasteiger partial charge in [-0.3, -0.25) is 4.79 Å². The predicted molar refractivity (Wildman–Crippen MR) is 62.9 cm³/mol. The number of carbonyl (C=O) groups is 1. The van der Waals surface area contributed by atoms with Crippen molar-refractivity contribution >= 4 is 39.0 Å². The van der Waals surface area contributed by atoms with Gasteiger partial charge in [0.25, 0.3) is 0 Å². The molecule has 0 saturated heterocycles. The van der Waals surface area contributed by atoms with E-state index in [1.807, 2.05) is 23.6 Å². The van der Waals surface area contributed by atoms with Crippen molar-refractivity contribution in [1.82, 2.24) is 0 Å². The number of hydrogen-bond acceptors (Lipinski definition) is 2. The molecule has 0 saturated carbocycles. The van der Waals surface area contributed by atoms with Gasteiger partial charge in [-0.1, -0.05) is 23.7 Å². The molecule has 0 aliphatic heterocycles. The third-order valence-electron chi connectivity index (χ3n) is 2.42. The summed E-state index contributed by atoms with van der Waals surface area (Å²) >= 11 is 7.51. The Kier molecular flexibility index (Phi) is 2.67. The molecule has 1 aromatic carbocycles. The fraction of sp³-hybridized carbons (Fsp3) is 0.182. The maximum Gasteiger partial charge on any atom is 0.310 e. The van der Waals surface area contributed by atoms with Crippen LogP contribution in [0.15, 0.2) is 23.6 Å². The Morgan fingerprint density at radius 2 is 2.27 bits per heavy atom. The van der Waals surface area contributed by atoms with Crippen LogP contribution in [-0.2, 0) is 4.79 Å². The van der Waals surface area contributed by atoms with Crippen molar-refractivity contribution in [3.63, 3.8) is 0 Å². The van der Waals surface area contributed by atoms with E-state index in [2.05, 4.69) is 0 Å². The standard InChI is InChI=1S/C11H9ClO2S/c1-6(11(13)14)8-5-15-10-7(8)3-2-4-9(10)12/h2-6H,1H3,(H,13,14). The normalized spacial score (nSPS) is 12.9. The summed E-state index contributed by atoms with van der Waals surface area (Å²) in [6.45, 7) is 1.69. The Labute approximate surface area is 96.1 Å². The molecule has 1 unspecified atom stereocenters. The van der Waals surface area contributed by atoms with E-state index in [1.165, 1.54) is 11.3 Å². The summed E-state index contributed by atoms with van der Waals surface area (Å²) in [4.78, 5) is 10.9. The lowest BCUT2D eigenvalue weighted by molar-refractivity contribution is -0.138. The van der Waals surface area contributed by atoms with Gasteiger partial charge in [-0.15, -0.1) is 11.3 Å². The zero-order chi connectivity index (χ0) is 11.0. The topological polar surface area (TPSA) is 37.3 Å². The second-order valence-electron chi connectivity index (χ2n) is 3.37. The maximum atomic E-state index is 10.9. The van der Waals surface area contributed by atoms with Crippen molar-refractivity contribution in [3.8, 4) is 0 Å². The van der Waals surface area contributed by atoms with Crippen molar-refractivity contribution < 1.29 is 9.90 Å². The van der Waals surface area contributed by atoms with Crippen LogP contribution in [0.4, 0.5) is 0 Å². The highest BCUT2D eigenvalue weighted by Gasteiger charge is 2.18. The average molecular weight is 241 g/mol. The maximum absolute atomic E-state index is 10.9. The number of benzene rings is 1. The highest BCUT2D eigenvalue weighted by molar-refractivity contribution is 7.18. The van der Waals surface area contributed by atoms with Gasteiger partial charge in [-0.2, -0.15) is 0 Å². The number of halogens is 1. The van der Waals surface area contributed by atoms with E-state index in [9.17, 15) is 4.79 Å². The smallest absolute Gasteiger partial charge is 0.310 e. The molecule has 1 heterocycles. The van der Waals surface area contributed by atoms with Crippen molar-refractivity contribution in [1.29, 1.82) is 0 Å². The second kappa shape index (κ2) is 3.83. The average Bonchev–Trinajstić information content (AvgIpc) is 2.61. The highest BCUT2D eigenvalue weighted by atomic mass is 35.5. The number of rotatable bonds is 2. The summed E-state index contributed by atoms with van der Waals surface area (Å²) < 4.78 is 0.960. The first-order chi connectivity index (χ1) is 7.11. The van der Waals surface area contributed by atoms with E-state index >= 15 is 0 Å². The Morgan fingerprint density at radius 1 is 1.53 bits per heavy atom. The van der Waals surface area contributed by atoms with Gasteiger partial charge in [-0.25, -0.2) is 0 Å². The van der Waals surface area contributed by atoms with Gasteiger partial charge in [-0.05, 0) is 29.3 Å². The zero-order valence-electron chi connectivity index (χ0n) is 8.03. The first-order valence-corrected chi connectivity index (χ1v) is 5.75. The monoisotopic (exact) mass is 240 g/mol. The Morgan fingerprint density at radius 3 is 2.93 bits per heavy atom. The first-order valence-electron chi connectivity index (χ1n) is 4.49. The molecule has 2 aromatic rings. The number of carboxylic acid groups (broad SMARTS) is 1. The van der Waals surface area contributed by atoms with Gasteiger partial charge < -0.3 is 5.11 Å². The molecule has 0 bridgehead atoms. The van der Waals surface area contributed by atoms with Crippen molar-refractivity contribution in [2.75, 3.05) is 0 Å². The van der Waals surface area contributed by atoms with Gasteiger partial charge in [0.15, 0.2) is 0 Å². The molecule has 2 rings (SSSR count). The van der Waals surface area contributed by atoms with E-state index < -0.39 is 11.9 Å². The number of fused-ring (bicyclic) bond motifs is 1. The minimum absolute atomic E-state index is 0.489. The summed E-state index contributed by atoms with van der Waals surface area (Å²) in [6, 6.07) is 5.57. The van der Waals surface area contributed by atoms with Crippen LogP contribution in [0, 0.1) is 0 Å². The second-order valence-corrected chi connectivity index (χ2v) is 4.65. The molecule has 0 aliphatic rings. The van der Waals surface area contributed by atoms with E-state index in [4.69, 9.17) is 16.7 Å². The molecule has 0 amide bonds. The van der Waals surface area contributed by atoms with E-state index in [0.717, 1.165) is 15.6 Å². The molecule has 1 atom stereocenters. The molecule has 4 heteroatoms. The molecule has 1 N–H and O–H groups in total. The molecule has 0 spiro atoms. The molecule has 0 radical (unpaired) electrons. The third-order valence-corrected chi connectivity index (χ3v) is 3.89. The lowest BCUT2D eigenvalue weighted by Crippen LogP contribution is -2.06. The summed E-state index contributed by atoms with van der Waals surface area (Å²) in [5.41, 5.74) is 0.838. The van der Waals surface area contributed by atoms with Gasteiger partial charge in [0.1, 0.15) is 0 Å². The van der Waals surface area contributed by atoms with E-state index in [1.54, 1.807) is 6.92 Å². The summed E-state index contributed by atoms with van der Waals surface area (Å²) in [7, 11) is 0. The van der Waals surface area contributed by atoms with Crippen LogP contribution in [0.25, 0.3) is 10.1 Å². The fourth-order valence-corrected chi connectivity index (χ4v) is 2.89. The lowest BCUT2D eigenvalue weighted by atomic mass is 10.0. The zero-order valence-corrected chi connectivity index (χ0v) is 9.60. The van der Waals surface area contributed by atoms with Crippen LogP contribution >= 0.6 is 22.9 Å². The first kappa shape index (κ1) is 10.5. The number of carboxylic acids is 1. The summed E-state index contributed by atoms with van der Waals surface area (Å²) in [5.74, 6) is -1.30. The van der Waals surface area contributed by atoms with Gasteiger partial charge in [0.05, 0.1) is 15.6 Å². The van der Waals surface area contributed by atoms with Gasteiger partial charge >= 0.3 is 5.97 Å². The molecule has 2 nitrogen and oxygen atoms in total. The number of aliphatic carboxylic acids is 1. The summed E-state index contributed by atoms with van der Waals surface area (Å²) in [6.07, 6.45) is 0. The predicted octanol–water partition coefficient (Wildman–Crippen LogP) is 3.74. The van der Waals surface area contributed by atoms with Gasteiger partial charge in [0, 0.05) is 0 Å². The highest BCUT2D eigenvalue weighted by Crippen LogP contribution is 2.35. The third kappa shape index (κ3) is 1.73. The summed E-state index contributed by atoms with van der Waals surface area (Å²) in [5, 5.41) is 12.5. The van der Waals surface area contributed by atoms with Gasteiger partial charge in [0.2, 0.25) is 0 Å². The minimum Gasteiger partial charge on any atom is -0.481 e. The Bertz CT molecular complexity index is 518. The van der Waals surface area contributed by atoms with Crippen LogP contribution in [0.5, 0.6) is 0 Å². The van der Waals surface area contributed by atoms with E-state index in [-0.39, 0.29) is 0 Å². The molecule has 15 heavy (non-hydrogen) atoms. The minimum atomic E-state index is -0.810. The molecular formula is C11H9ClO2S. The Hall–Kier alpha value is -1.06. The molecule has 0 aliphatic carbocycles. The SMILES string of the molecule is CC(C(=O)O)c1csc2c(Cl)cccc12.